The highest BCUT2D eigenvalue weighted by Gasteiger charge is 1.95. The molecular formula is C14H27NO2. The summed E-state index contributed by atoms with van der Waals surface area (Å²) in [5.74, 6) is 6.90. The Balaban J connectivity index is 3.19. The topological polar surface area (TPSA) is 30.5 Å². The van der Waals surface area contributed by atoms with E-state index in [4.69, 9.17) is 9.47 Å². The van der Waals surface area contributed by atoms with E-state index in [0.29, 0.717) is 25.7 Å². The summed E-state index contributed by atoms with van der Waals surface area (Å²) in [5.41, 5.74) is 0. The Morgan fingerprint density at radius 2 is 1.88 bits per heavy atom. The monoisotopic (exact) mass is 241 g/mol. The van der Waals surface area contributed by atoms with Gasteiger partial charge in [0, 0.05) is 13.0 Å². The molecule has 0 aliphatic carbocycles. The Hall–Kier alpha value is -0.560. The highest BCUT2D eigenvalue weighted by molar-refractivity contribution is 4.99. The van der Waals surface area contributed by atoms with Crippen molar-refractivity contribution in [1.29, 1.82) is 0 Å². The molecule has 1 N–H and O–H groups in total. The van der Waals surface area contributed by atoms with Crippen LogP contribution in [0.1, 0.15) is 33.1 Å². The maximum Gasteiger partial charge on any atom is 0.107 e. The van der Waals surface area contributed by atoms with Crippen molar-refractivity contribution in [2.45, 2.75) is 33.1 Å². The molecule has 0 aliphatic heterocycles. The maximum absolute atomic E-state index is 5.34. The standard InChI is InChI=1S/C14H27NO2/c1-4-7-14(2)8-5-6-10-16-12-13-17-11-9-15-3/h14-15H,4,7-13H2,1-3H3. The average Bonchev–Trinajstić information content (AvgIpc) is 2.32. The third-order valence-electron chi connectivity index (χ3n) is 2.40. The predicted octanol–water partition coefficient (Wildman–Crippen LogP) is 2.07. The number of hydrogen-bond donors (Lipinski definition) is 1. The fraction of sp³-hybridized carbons (Fsp3) is 0.857. The van der Waals surface area contributed by atoms with Crippen molar-refractivity contribution in [3.05, 3.63) is 0 Å². The van der Waals surface area contributed by atoms with Gasteiger partial charge in [0.2, 0.25) is 0 Å². The van der Waals surface area contributed by atoms with E-state index in [2.05, 4.69) is 31.0 Å². The molecule has 0 saturated heterocycles. The van der Waals surface area contributed by atoms with Gasteiger partial charge < -0.3 is 14.8 Å². The molecule has 17 heavy (non-hydrogen) atoms. The van der Waals surface area contributed by atoms with Crippen molar-refractivity contribution in [3.63, 3.8) is 0 Å². The van der Waals surface area contributed by atoms with Crippen molar-refractivity contribution >= 4 is 0 Å². The van der Waals surface area contributed by atoms with E-state index >= 15 is 0 Å². The summed E-state index contributed by atoms with van der Waals surface area (Å²) in [7, 11) is 1.91. The normalized spacial score (nSPS) is 11.9. The van der Waals surface area contributed by atoms with Gasteiger partial charge in [0.25, 0.3) is 0 Å². The Kier molecular flexibility index (Phi) is 13.1. The van der Waals surface area contributed by atoms with Gasteiger partial charge in [0.05, 0.1) is 19.8 Å². The van der Waals surface area contributed by atoms with Crippen LogP contribution in [0.2, 0.25) is 0 Å². The summed E-state index contributed by atoms with van der Waals surface area (Å²) >= 11 is 0. The Morgan fingerprint density at radius 1 is 1.12 bits per heavy atom. The SMILES string of the molecule is CCCC(C)CC#CCOCCOCCNC. The van der Waals surface area contributed by atoms with Gasteiger partial charge in [0.1, 0.15) is 6.61 Å². The van der Waals surface area contributed by atoms with Gasteiger partial charge in [-0.25, -0.2) is 0 Å². The zero-order valence-corrected chi connectivity index (χ0v) is 11.6. The molecule has 0 aromatic heterocycles. The van der Waals surface area contributed by atoms with Crippen LogP contribution in [0.3, 0.4) is 0 Å². The van der Waals surface area contributed by atoms with E-state index in [-0.39, 0.29) is 0 Å². The first-order valence-electron chi connectivity index (χ1n) is 6.57. The lowest BCUT2D eigenvalue weighted by Gasteiger charge is -2.04. The molecule has 0 radical (unpaired) electrons. The largest absolute Gasteiger partial charge is 0.378 e. The van der Waals surface area contributed by atoms with Gasteiger partial charge >= 0.3 is 0 Å². The number of hydrogen-bond acceptors (Lipinski definition) is 3. The van der Waals surface area contributed by atoms with Crippen LogP contribution in [0.25, 0.3) is 0 Å². The van der Waals surface area contributed by atoms with E-state index in [0.717, 1.165) is 19.6 Å². The van der Waals surface area contributed by atoms with Crippen LogP contribution in [0.15, 0.2) is 0 Å². The Morgan fingerprint density at radius 3 is 2.59 bits per heavy atom. The maximum atomic E-state index is 5.34. The molecule has 3 heteroatoms. The summed E-state index contributed by atoms with van der Waals surface area (Å²) in [6, 6.07) is 0. The first kappa shape index (κ1) is 16.4. The second kappa shape index (κ2) is 13.5. The zero-order chi connectivity index (χ0) is 12.8. The van der Waals surface area contributed by atoms with E-state index in [1.54, 1.807) is 0 Å². The summed E-state index contributed by atoms with van der Waals surface area (Å²) < 4.78 is 10.7. The molecule has 0 aliphatic rings. The molecule has 0 spiro atoms. The van der Waals surface area contributed by atoms with Gasteiger partial charge in [-0.1, -0.05) is 32.6 Å². The molecule has 1 unspecified atom stereocenters. The Bertz CT molecular complexity index is 208. The van der Waals surface area contributed by atoms with Crippen molar-refractivity contribution in [2.75, 3.05) is 40.0 Å². The Labute approximate surface area is 106 Å². The summed E-state index contributed by atoms with van der Waals surface area (Å²) in [4.78, 5) is 0. The first-order valence-corrected chi connectivity index (χ1v) is 6.57. The number of ether oxygens (including phenoxy) is 2. The second-order valence-electron chi connectivity index (χ2n) is 4.22. The molecule has 0 saturated carbocycles. The van der Waals surface area contributed by atoms with Crippen molar-refractivity contribution < 1.29 is 9.47 Å². The molecule has 100 valence electrons. The number of likely N-dealkylation sites (N-methyl/N-ethyl adjacent to an activating group) is 1. The van der Waals surface area contributed by atoms with Crippen LogP contribution in [0.5, 0.6) is 0 Å². The highest BCUT2D eigenvalue weighted by atomic mass is 16.5. The highest BCUT2D eigenvalue weighted by Crippen LogP contribution is 2.07. The molecule has 0 bridgehead atoms. The third kappa shape index (κ3) is 13.4. The molecule has 0 amide bonds. The minimum atomic E-state index is 0.522. The van der Waals surface area contributed by atoms with Crippen LogP contribution in [0, 0.1) is 17.8 Å². The van der Waals surface area contributed by atoms with Gasteiger partial charge in [-0.15, -0.1) is 5.92 Å². The molecular weight excluding hydrogens is 214 g/mol. The second-order valence-corrected chi connectivity index (χ2v) is 4.22. The smallest absolute Gasteiger partial charge is 0.107 e. The van der Waals surface area contributed by atoms with Crippen LogP contribution < -0.4 is 5.32 Å². The van der Waals surface area contributed by atoms with Crippen LogP contribution in [0.4, 0.5) is 0 Å². The van der Waals surface area contributed by atoms with Crippen molar-refractivity contribution in [3.8, 4) is 11.8 Å². The quantitative estimate of drug-likeness (QED) is 0.469. The van der Waals surface area contributed by atoms with Gasteiger partial charge in [-0.05, 0) is 13.0 Å². The minimum Gasteiger partial charge on any atom is -0.378 e. The lowest BCUT2D eigenvalue weighted by Crippen LogP contribution is -2.16. The van der Waals surface area contributed by atoms with Crippen LogP contribution >= 0.6 is 0 Å². The summed E-state index contributed by atoms with van der Waals surface area (Å²) in [6.45, 7) is 7.87. The lowest BCUT2D eigenvalue weighted by atomic mass is 10.0. The lowest BCUT2D eigenvalue weighted by molar-refractivity contribution is 0.0618. The number of nitrogens with one attached hydrogen (secondary N) is 1. The molecule has 0 rings (SSSR count). The fourth-order valence-corrected chi connectivity index (χ4v) is 1.41. The van der Waals surface area contributed by atoms with E-state index < -0.39 is 0 Å². The third-order valence-corrected chi connectivity index (χ3v) is 2.40. The fourth-order valence-electron chi connectivity index (χ4n) is 1.41. The van der Waals surface area contributed by atoms with E-state index in [9.17, 15) is 0 Å². The minimum absolute atomic E-state index is 0.522. The van der Waals surface area contributed by atoms with E-state index in [1.807, 2.05) is 7.05 Å². The van der Waals surface area contributed by atoms with Crippen molar-refractivity contribution in [1.82, 2.24) is 5.32 Å². The number of rotatable bonds is 10. The zero-order valence-electron chi connectivity index (χ0n) is 11.6. The summed E-state index contributed by atoms with van der Waals surface area (Å²) in [6.07, 6.45) is 3.48. The molecule has 0 aromatic carbocycles. The van der Waals surface area contributed by atoms with E-state index in [1.165, 1.54) is 12.8 Å². The molecule has 0 fully saturated rings. The first-order chi connectivity index (χ1) is 8.31. The molecule has 1 atom stereocenters. The predicted molar refractivity (Wildman–Crippen MR) is 72.0 cm³/mol. The molecule has 0 heterocycles. The molecule has 0 aromatic rings. The van der Waals surface area contributed by atoms with Crippen LogP contribution in [-0.4, -0.2) is 40.0 Å². The summed E-state index contributed by atoms with van der Waals surface area (Å²) in [5, 5.41) is 3.02. The average molecular weight is 241 g/mol. The van der Waals surface area contributed by atoms with Gasteiger partial charge in [-0.2, -0.15) is 0 Å². The van der Waals surface area contributed by atoms with Crippen LogP contribution in [-0.2, 0) is 9.47 Å². The van der Waals surface area contributed by atoms with Gasteiger partial charge in [-0.3, -0.25) is 0 Å². The molecule has 3 nitrogen and oxygen atoms in total. The van der Waals surface area contributed by atoms with Gasteiger partial charge in [0.15, 0.2) is 0 Å². The van der Waals surface area contributed by atoms with Crippen molar-refractivity contribution in [2.24, 2.45) is 5.92 Å².